The number of likely N-dealkylation sites (tertiary alicyclic amines) is 1. The first-order chi connectivity index (χ1) is 15.6. The lowest BCUT2D eigenvalue weighted by Gasteiger charge is -2.45. The molecule has 2 aliphatic heterocycles. The molecule has 32 heavy (non-hydrogen) atoms. The van der Waals surface area contributed by atoms with Gasteiger partial charge in [0, 0.05) is 44.1 Å². The van der Waals surface area contributed by atoms with Crippen molar-refractivity contribution >= 4 is 11.6 Å². The number of aliphatic hydroxyl groups is 1. The average Bonchev–Trinajstić information content (AvgIpc) is 3.31. The van der Waals surface area contributed by atoms with E-state index in [1.54, 1.807) is 0 Å². The molecule has 1 amide bonds. The van der Waals surface area contributed by atoms with E-state index in [4.69, 9.17) is 9.72 Å². The number of hydrogen-bond acceptors (Lipinski definition) is 4. The quantitative estimate of drug-likeness (QED) is 0.685. The van der Waals surface area contributed by atoms with Crippen molar-refractivity contribution in [3.8, 4) is 0 Å². The van der Waals surface area contributed by atoms with Crippen molar-refractivity contribution in [1.29, 1.82) is 0 Å². The molecule has 2 aromatic heterocycles. The Bertz CT molecular complexity index is 1090. The maximum Gasteiger partial charge on any atom is 0.231 e. The Morgan fingerprint density at radius 1 is 1.06 bits per heavy atom. The maximum atomic E-state index is 13.5. The average molecular weight is 434 g/mol. The van der Waals surface area contributed by atoms with Crippen LogP contribution in [-0.2, 0) is 14.9 Å². The molecule has 1 N–H and O–H groups in total. The van der Waals surface area contributed by atoms with Crippen molar-refractivity contribution in [2.45, 2.75) is 38.0 Å². The number of pyridine rings is 1. The van der Waals surface area contributed by atoms with Gasteiger partial charge in [-0.05, 0) is 49.8 Å². The van der Waals surface area contributed by atoms with Crippen LogP contribution in [0.4, 0.5) is 0 Å². The largest absolute Gasteiger partial charge is 0.395 e. The number of imidazole rings is 1. The second-order valence-corrected chi connectivity index (χ2v) is 9.34. The smallest absolute Gasteiger partial charge is 0.231 e. The first kappa shape index (κ1) is 21.2. The fraction of sp³-hybridized carbons (Fsp3) is 0.462. The van der Waals surface area contributed by atoms with Gasteiger partial charge in [-0.1, -0.05) is 36.4 Å². The molecule has 3 aromatic rings. The summed E-state index contributed by atoms with van der Waals surface area (Å²) in [5.41, 5.74) is 3.52. The molecule has 6 heteroatoms. The summed E-state index contributed by atoms with van der Waals surface area (Å²) in [6, 6.07) is 14.7. The van der Waals surface area contributed by atoms with Crippen molar-refractivity contribution in [2.24, 2.45) is 5.41 Å². The minimum absolute atomic E-state index is 0.0795. The number of ether oxygens (including phenoxy) is 1. The van der Waals surface area contributed by atoms with E-state index in [2.05, 4.69) is 47.9 Å². The van der Waals surface area contributed by atoms with Crippen molar-refractivity contribution in [2.75, 3.05) is 32.9 Å². The fourth-order valence-electron chi connectivity index (χ4n) is 5.46. The standard InChI is InChI=1S/C26H31N3O3/c1-20-6-5-13-29-18-22(27-23(20)29)26(21-7-3-2-4-8-21)9-14-28(15-10-26)24(31)25(19-30)11-16-32-17-12-25/h2-8,13,18,30H,9-12,14-17,19H2,1H3. The van der Waals surface area contributed by atoms with Gasteiger partial charge in [0.15, 0.2) is 0 Å². The summed E-state index contributed by atoms with van der Waals surface area (Å²) < 4.78 is 7.57. The van der Waals surface area contributed by atoms with Gasteiger partial charge in [-0.25, -0.2) is 4.98 Å². The fourth-order valence-corrected chi connectivity index (χ4v) is 5.46. The van der Waals surface area contributed by atoms with Gasteiger partial charge >= 0.3 is 0 Å². The second-order valence-electron chi connectivity index (χ2n) is 9.34. The van der Waals surface area contributed by atoms with Gasteiger partial charge in [0.1, 0.15) is 5.65 Å². The maximum absolute atomic E-state index is 13.5. The number of fused-ring (bicyclic) bond motifs is 1. The summed E-state index contributed by atoms with van der Waals surface area (Å²) in [5, 5.41) is 10.1. The van der Waals surface area contributed by atoms with Crippen molar-refractivity contribution in [3.63, 3.8) is 0 Å². The van der Waals surface area contributed by atoms with E-state index in [0.717, 1.165) is 29.7 Å². The monoisotopic (exact) mass is 433 g/mol. The minimum atomic E-state index is -0.689. The van der Waals surface area contributed by atoms with Crippen molar-refractivity contribution in [3.05, 3.63) is 71.7 Å². The highest BCUT2D eigenvalue weighted by molar-refractivity contribution is 5.83. The zero-order valence-corrected chi connectivity index (χ0v) is 18.7. The van der Waals surface area contributed by atoms with Crippen molar-refractivity contribution in [1.82, 2.24) is 14.3 Å². The first-order valence-electron chi connectivity index (χ1n) is 11.6. The van der Waals surface area contributed by atoms with E-state index in [-0.39, 0.29) is 17.9 Å². The molecule has 5 rings (SSSR count). The van der Waals surface area contributed by atoms with Crippen LogP contribution in [0.2, 0.25) is 0 Å². The summed E-state index contributed by atoms with van der Waals surface area (Å²) in [6.07, 6.45) is 7.00. The molecular formula is C26H31N3O3. The summed E-state index contributed by atoms with van der Waals surface area (Å²) in [6.45, 7) is 4.36. The number of aryl methyl sites for hydroxylation is 1. The SMILES string of the molecule is Cc1cccn2cc(C3(c4ccccc4)CCN(C(=O)C4(CO)CCOCC4)CC3)nc12. The van der Waals surface area contributed by atoms with Crippen LogP contribution >= 0.6 is 0 Å². The van der Waals surface area contributed by atoms with Gasteiger partial charge < -0.3 is 19.1 Å². The zero-order chi connectivity index (χ0) is 22.2. The van der Waals surface area contributed by atoms with Crippen LogP contribution in [0.5, 0.6) is 0 Å². The Morgan fingerprint density at radius 3 is 2.44 bits per heavy atom. The lowest BCUT2D eigenvalue weighted by atomic mass is 9.70. The third-order valence-electron chi connectivity index (χ3n) is 7.61. The van der Waals surface area contributed by atoms with E-state index >= 15 is 0 Å². The predicted octanol–water partition coefficient (Wildman–Crippen LogP) is 3.34. The van der Waals surface area contributed by atoms with Crippen LogP contribution in [0.3, 0.4) is 0 Å². The lowest BCUT2D eigenvalue weighted by Crippen LogP contribution is -2.53. The predicted molar refractivity (Wildman–Crippen MR) is 123 cm³/mol. The molecule has 2 aliphatic rings. The van der Waals surface area contributed by atoms with Gasteiger partial charge in [-0.15, -0.1) is 0 Å². The normalized spacial score (nSPS) is 20.4. The van der Waals surface area contributed by atoms with E-state index in [1.807, 2.05) is 23.2 Å². The summed E-state index contributed by atoms with van der Waals surface area (Å²) in [7, 11) is 0. The molecule has 0 aliphatic carbocycles. The van der Waals surface area contributed by atoms with E-state index in [1.165, 1.54) is 5.56 Å². The Labute approximate surface area is 188 Å². The molecule has 0 unspecified atom stereocenters. The minimum Gasteiger partial charge on any atom is -0.395 e. The van der Waals surface area contributed by atoms with Gasteiger partial charge in [0.2, 0.25) is 5.91 Å². The molecular weight excluding hydrogens is 402 g/mol. The number of carbonyl (C=O) groups is 1. The molecule has 2 fully saturated rings. The molecule has 168 valence electrons. The number of aromatic nitrogens is 2. The second kappa shape index (κ2) is 8.34. The lowest BCUT2D eigenvalue weighted by molar-refractivity contribution is -0.153. The first-order valence-corrected chi connectivity index (χ1v) is 11.6. The zero-order valence-electron chi connectivity index (χ0n) is 18.7. The van der Waals surface area contributed by atoms with Gasteiger partial charge in [0.25, 0.3) is 0 Å². The van der Waals surface area contributed by atoms with Crippen LogP contribution in [0.25, 0.3) is 5.65 Å². The molecule has 0 bridgehead atoms. The van der Waals surface area contributed by atoms with E-state index < -0.39 is 5.41 Å². The molecule has 6 nitrogen and oxygen atoms in total. The highest BCUT2D eigenvalue weighted by atomic mass is 16.5. The summed E-state index contributed by atoms with van der Waals surface area (Å²) >= 11 is 0. The molecule has 4 heterocycles. The van der Waals surface area contributed by atoms with E-state index in [9.17, 15) is 9.90 Å². The molecule has 0 spiro atoms. The van der Waals surface area contributed by atoms with Gasteiger partial charge in [0.05, 0.1) is 17.7 Å². The molecule has 1 aromatic carbocycles. The third-order valence-corrected chi connectivity index (χ3v) is 7.61. The molecule has 2 saturated heterocycles. The number of carbonyl (C=O) groups excluding carboxylic acids is 1. The van der Waals surface area contributed by atoms with Gasteiger partial charge in [-0.3, -0.25) is 4.79 Å². The van der Waals surface area contributed by atoms with Crippen LogP contribution < -0.4 is 0 Å². The van der Waals surface area contributed by atoms with Crippen LogP contribution in [-0.4, -0.2) is 58.2 Å². The topological polar surface area (TPSA) is 67.1 Å². The highest BCUT2D eigenvalue weighted by Gasteiger charge is 2.46. The Hall–Kier alpha value is -2.70. The number of nitrogens with zero attached hydrogens (tertiary/aromatic N) is 3. The van der Waals surface area contributed by atoms with Crippen molar-refractivity contribution < 1.29 is 14.6 Å². The van der Waals surface area contributed by atoms with Crippen LogP contribution in [0.15, 0.2) is 54.9 Å². The Morgan fingerprint density at radius 2 is 1.78 bits per heavy atom. The van der Waals surface area contributed by atoms with Crippen LogP contribution in [0.1, 0.15) is 42.5 Å². The van der Waals surface area contributed by atoms with Crippen LogP contribution in [0, 0.1) is 12.3 Å². The summed E-state index contributed by atoms with van der Waals surface area (Å²) in [5.74, 6) is 0.0795. The van der Waals surface area contributed by atoms with E-state index in [0.29, 0.717) is 39.1 Å². The Kier molecular flexibility index (Phi) is 5.51. The molecule has 0 atom stereocenters. The number of amides is 1. The summed E-state index contributed by atoms with van der Waals surface area (Å²) in [4.78, 5) is 20.5. The third kappa shape index (κ3) is 3.42. The molecule has 0 saturated carbocycles. The number of piperidine rings is 1. The number of rotatable bonds is 4. The number of aliphatic hydroxyl groups excluding tert-OH is 1. The molecule has 0 radical (unpaired) electrons. The highest BCUT2D eigenvalue weighted by Crippen LogP contribution is 2.43. The number of benzene rings is 1. The number of hydrogen-bond donors (Lipinski definition) is 1. The Balaban J connectivity index is 1.47. The van der Waals surface area contributed by atoms with Gasteiger partial charge in [-0.2, -0.15) is 0 Å².